The highest BCUT2D eigenvalue weighted by Crippen LogP contribution is 2.18. The summed E-state index contributed by atoms with van der Waals surface area (Å²) < 4.78 is 1.93. The maximum atomic E-state index is 4.41. The van der Waals surface area contributed by atoms with Gasteiger partial charge in [0.1, 0.15) is 0 Å². The Morgan fingerprint density at radius 3 is 2.61 bits per heavy atom. The van der Waals surface area contributed by atoms with E-state index in [4.69, 9.17) is 0 Å². The first kappa shape index (κ1) is 12.4. The Hall–Kier alpha value is -2.10. The van der Waals surface area contributed by atoms with E-state index in [0.29, 0.717) is 0 Å². The van der Waals surface area contributed by atoms with E-state index in [-0.39, 0.29) is 0 Å². The normalized spacial score (nSPS) is 11.1. The summed E-state index contributed by atoms with van der Waals surface area (Å²) in [5.41, 5.74) is 2.14. The number of aromatic nitrogens is 2. The number of benzene rings is 1. The van der Waals surface area contributed by atoms with Gasteiger partial charge < -0.3 is 9.47 Å². The Morgan fingerprint density at radius 1 is 1.33 bits per heavy atom. The van der Waals surface area contributed by atoms with E-state index < -0.39 is 0 Å². The van der Waals surface area contributed by atoms with Gasteiger partial charge in [0.25, 0.3) is 0 Å². The fourth-order valence-electron chi connectivity index (χ4n) is 1.61. The molecule has 0 aliphatic rings. The molecule has 0 fully saturated rings. The second kappa shape index (κ2) is 5.49. The minimum Gasteiger partial charge on any atom is -0.375 e. The summed E-state index contributed by atoms with van der Waals surface area (Å²) >= 11 is 0. The first-order valence-corrected chi connectivity index (χ1v) is 6.03. The molecule has 0 N–H and O–H groups in total. The van der Waals surface area contributed by atoms with Crippen molar-refractivity contribution in [2.75, 3.05) is 18.5 Å². The van der Waals surface area contributed by atoms with E-state index in [9.17, 15) is 0 Å². The number of hydrogen-bond donors (Lipinski definition) is 0. The molecule has 1 aromatic heterocycles. The molecule has 0 spiro atoms. The molecular formula is C14H18N4. The van der Waals surface area contributed by atoms with Gasteiger partial charge in [0.15, 0.2) is 5.82 Å². The van der Waals surface area contributed by atoms with Crippen molar-refractivity contribution in [3.63, 3.8) is 0 Å². The van der Waals surface area contributed by atoms with Gasteiger partial charge in [0.05, 0.1) is 11.9 Å². The summed E-state index contributed by atoms with van der Waals surface area (Å²) in [6.45, 7) is 3.13. The third-order valence-electron chi connectivity index (χ3n) is 2.95. The fraction of sp³-hybridized carbons (Fsp3) is 0.286. The van der Waals surface area contributed by atoms with E-state index >= 15 is 0 Å². The molecule has 4 heteroatoms. The summed E-state index contributed by atoms with van der Waals surface area (Å²) in [7, 11) is 4.03. The molecule has 2 aromatic rings. The van der Waals surface area contributed by atoms with Crippen molar-refractivity contribution in [3.05, 3.63) is 42.5 Å². The quantitative estimate of drug-likeness (QED) is 0.772. The number of rotatable bonds is 4. The molecule has 0 amide bonds. The lowest BCUT2D eigenvalue weighted by molar-refractivity contribution is 0.902. The molecule has 2 rings (SSSR count). The average Bonchev–Trinajstić information content (AvgIpc) is 2.81. The topological polar surface area (TPSA) is 33.4 Å². The number of nitrogens with zero attached hydrogens (tertiary/aromatic N) is 4. The highest BCUT2D eigenvalue weighted by atomic mass is 15.1. The molecule has 0 unspecified atom stereocenters. The van der Waals surface area contributed by atoms with Crippen LogP contribution in [0.25, 0.3) is 0 Å². The maximum absolute atomic E-state index is 4.41. The van der Waals surface area contributed by atoms with Crippen LogP contribution in [0.3, 0.4) is 0 Å². The second-order valence-electron chi connectivity index (χ2n) is 4.19. The van der Waals surface area contributed by atoms with Gasteiger partial charge in [-0.3, -0.25) is 4.99 Å². The Kier molecular flexibility index (Phi) is 3.77. The predicted molar refractivity (Wildman–Crippen MR) is 75.8 cm³/mol. The van der Waals surface area contributed by atoms with Gasteiger partial charge in [-0.25, -0.2) is 4.98 Å². The van der Waals surface area contributed by atoms with Crippen molar-refractivity contribution in [1.82, 2.24) is 9.55 Å². The molecule has 0 bridgehead atoms. The molecule has 0 radical (unpaired) electrons. The Balaban J connectivity index is 2.11. The highest BCUT2D eigenvalue weighted by Gasteiger charge is 1.98. The van der Waals surface area contributed by atoms with Gasteiger partial charge in [-0.05, 0) is 31.2 Å². The molecule has 0 saturated carbocycles. The SMILES string of the molecule is CCN(C)c1ccc(/N=C/c2nccn2C)cc1. The van der Waals surface area contributed by atoms with Crippen LogP contribution in [-0.2, 0) is 7.05 Å². The van der Waals surface area contributed by atoms with Crippen molar-refractivity contribution in [2.24, 2.45) is 12.0 Å². The van der Waals surface area contributed by atoms with Gasteiger partial charge >= 0.3 is 0 Å². The van der Waals surface area contributed by atoms with Crippen molar-refractivity contribution >= 4 is 17.6 Å². The monoisotopic (exact) mass is 242 g/mol. The van der Waals surface area contributed by atoms with Gasteiger partial charge in [-0.15, -0.1) is 0 Å². The maximum Gasteiger partial charge on any atom is 0.150 e. The molecule has 94 valence electrons. The van der Waals surface area contributed by atoms with Crippen LogP contribution in [0.5, 0.6) is 0 Å². The van der Waals surface area contributed by atoms with E-state index in [0.717, 1.165) is 18.1 Å². The fourth-order valence-corrected chi connectivity index (χ4v) is 1.61. The van der Waals surface area contributed by atoms with E-state index in [1.165, 1.54) is 5.69 Å². The lowest BCUT2D eigenvalue weighted by Crippen LogP contribution is -2.15. The minimum absolute atomic E-state index is 0.852. The van der Waals surface area contributed by atoms with Crippen LogP contribution in [0.2, 0.25) is 0 Å². The lowest BCUT2D eigenvalue weighted by atomic mass is 10.2. The molecule has 0 atom stereocenters. The number of imidazole rings is 1. The summed E-state index contributed by atoms with van der Waals surface area (Å²) in [5.74, 6) is 0.852. The molecule has 0 aliphatic heterocycles. The number of anilines is 1. The van der Waals surface area contributed by atoms with Crippen LogP contribution in [0.1, 0.15) is 12.7 Å². The van der Waals surface area contributed by atoms with Crippen LogP contribution in [0.15, 0.2) is 41.7 Å². The Bertz CT molecular complexity index is 525. The zero-order chi connectivity index (χ0) is 13.0. The summed E-state index contributed by atoms with van der Waals surface area (Å²) in [6, 6.07) is 8.19. The molecule has 0 saturated heterocycles. The second-order valence-corrected chi connectivity index (χ2v) is 4.19. The highest BCUT2D eigenvalue weighted by molar-refractivity contribution is 5.77. The Labute approximate surface area is 108 Å². The molecule has 18 heavy (non-hydrogen) atoms. The van der Waals surface area contributed by atoms with Crippen molar-refractivity contribution in [2.45, 2.75) is 6.92 Å². The van der Waals surface area contributed by atoms with Crippen LogP contribution < -0.4 is 4.90 Å². The van der Waals surface area contributed by atoms with Gasteiger partial charge in [-0.1, -0.05) is 0 Å². The van der Waals surface area contributed by atoms with Crippen LogP contribution in [0.4, 0.5) is 11.4 Å². The molecular weight excluding hydrogens is 224 g/mol. The molecule has 1 aromatic carbocycles. The van der Waals surface area contributed by atoms with E-state index in [1.807, 2.05) is 29.9 Å². The number of aliphatic imine (C=N–C) groups is 1. The number of aryl methyl sites for hydroxylation is 1. The third-order valence-corrected chi connectivity index (χ3v) is 2.95. The van der Waals surface area contributed by atoms with Gasteiger partial charge in [0, 0.05) is 38.7 Å². The summed E-state index contributed by atoms with van der Waals surface area (Å²) in [4.78, 5) is 10.8. The van der Waals surface area contributed by atoms with Crippen LogP contribution >= 0.6 is 0 Å². The smallest absolute Gasteiger partial charge is 0.150 e. The van der Waals surface area contributed by atoms with E-state index in [1.54, 1.807) is 12.4 Å². The third kappa shape index (κ3) is 2.77. The standard InChI is InChI=1S/C14H18N4/c1-4-17(2)13-7-5-12(6-8-13)16-11-14-15-9-10-18(14)3/h5-11H,4H2,1-3H3/b16-11+. The Morgan fingerprint density at radius 2 is 2.06 bits per heavy atom. The van der Waals surface area contributed by atoms with Crippen molar-refractivity contribution in [1.29, 1.82) is 0 Å². The minimum atomic E-state index is 0.852. The molecule has 4 nitrogen and oxygen atoms in total. The predicted octanol–water partition coefficient (Wildman–Crippen LogP) is 2.63. The van der Waals surface area contributed by atoms with Crippen LogP contribution in [-0.4, -0.2) is 29.4 Å². The van der Waals surface area contributed by atoms with Gasteiger partial charge in [-0.2, -0.15) is 0 Å². The zero-order valence-corrected chi connectivity index (χ0v) is 11.0. The zero-order valence-electron chi connectivity index (χ0n) is 11.0. The van der Waals surface area contributed by atoms with Crippen LogP contribution in [0, 0.1) is 0 Å². The lowest BCUT2D eigenvalue weighted by Gasteiger charge is -2.16. The van der Waals surface area contributed by atoms with Crippen molar-refractivity contribution in [3.8, 4) is 0 Å². The van der Waals surface area contributed by atoms with E-state index in [2.05, 4.69) is 41.0 Å². The first-order chi connectivity index (χ1) is 8.70. The summed E-state index contributed by atoms with van der Waals surface area (Å²) in [5, 5.41) is 0. The average molecular weight is 242 g/mol. The van der Waals surface area contributed by atoms with Gasteiger partial charge in [0.2, 0.25) is 0 Å². The molecule has 1 heterocycles. The largest absolute Gasteiger partial charge is 0.375 e. The first-order valence-electron chi connectivity index (χ1n) is 6.03. The van der Waals surface area contributed by atoms with Crippen molar-refractivity contribution < 1.29 is 0 Å². The summed E-state index contributed by atoms with van der Waals surface area (Å²) in [6.07, 6.45) is 5.44. The molecule has 0 aliphatic carbocycles. The number of hydrogen-bond acceptors (Lipinski definition) is 3.